The van der Waals surface area contributed by atoms with Crippen molar-refractivity contribution in [2.75, 3.05) is 13.2 Å². The van der Waals surface area contributed by atoms with Crippen LogP contribution in [0, 0.1) is 13.8 Å². The molecule has 2 aromatic carbocycles. The average molecular weight is 413 g/mol. The largest absolute Gasteiger partial charge is 0.494 e. The van der Waals surface area contributed by atoms with Gasteiger partial charge in [0.05, 0.1) is 23.4 Å². The number of fused-ring (bicyclic) bond motifs is 1. The summed E-state index contributed by atoms with van der Waals surface area (Å²) in [6.07, 6.45) is 0. The zero-order valence-corrected chi connectivity index (χ0v) is 17.8. The van der Waals surface area contributed by atoms with E-state index < -0.39 is 0 Å². The number of hydrogen-bond donors (Lipinski definition) is 0. The Hall–Kier alpha value is -2.93. The number of amides is 1. The third-order valence-corrected chi connectivity index (χ3v) is 5.34. The van der Waals surface area contributed by atoms with Crippen LogP contribution in [0.4, 0.5) is 0 Å². The molecule has 0 fully saturated rings. The van der Waals surface area contributed by atoms with Crippen molar-refractivity contribution in [1.82, 2.24) is 4.57 Å². The fraction of sp³-hybridized carbons (Fsp3) is 0.318. The minimum Gasteiger partial charge on any atom is -0.494 e. The monoisotopic (exact) mass is 412 g/mol. The summed E-state index contributed by atoms with van der Waals surface area (Å²) in [4.78, 5) is 29.7. The molecule has 1 amide bonds. The highest BCUT2D eigenvalue weighted by atomic mass is 32.1. The van der Waals surface area contributed by atoms with Gasteiger partial charge in [-0.1, -0.05) is 17.4 Å². The molecule has 1 heterocycles. The molecule has 29 heavy (non-hydrogen) atoms. The Bertz CT molecular complexity index is 1110. The summed E-state index contributed by atoms with van der Waals surface area (Å²) in [6.45, 7) is 8.55. The van der Waals surface area contributed by atoms with Gasteiger partial charge in [0, 0.05) is 5.56 Å². The Kier molecular flexibility index (Phi) is 6.49. The smallest absolute Gasteiger partial charge is 0.326 e. The van der Waals surface area contributed by atoms with E-state index in [2.05, 4.69) is 11.1 Å². The van der Waals surface area contributed by atoms with Crippen LogP contribution < -0.4 is 9.54 Å². The van der Waals surface area contributed by atoms with Crippen LogP contribution in [0.1, 0.15) is 35.3 Å². The highest BCUT2D eigenvalue weighted by molar-refractivity contribution is 7.16. The highest BCUT2D eigenvalue weighted by Crippen LogP contribution is 2.23. The number of ether oxygens (including phenoxy) is 2. The lowest BCUT2D eigenvalue weighted by molar-refractivity contribution is -0.143. The summed E-state index contributed by atoms with van der Waals surface area (Å²) in [6, 6.07) is 11.0. The third kappa shape index (κ3) is 4.74. The molecule has 0 bridgehead atoms. The molecule has 0 aliphatic carbocycles. The molecule has 6 nitrogen and oxygen atoms in total. The Morgan fingerprint density at radius 3 is 2.45 bits per heavy atom. The number of benzene rings is 2. The number of carbonyl (C=O) groups is 2. The molecule has 0 atom stereocenters. The number of aryl methyl sites for hydroxylation is 2. The number of aromatic nitrogens is 1. The van der Waals surface area contributed by atoms with E-state index in [0.29, 0.717) is 29.3 Å². The maximum atomic E-state index is 12.7. The molecule has 1 aromatic heterocycles. The topological polar surface area (TPSA) is 69.9 Å². The van der Waals surface area contributed by atoms with Gasteiger partial charge in [-0.05, 0) is 69.2 Å². The predicted molar refractivity (Wildman–Crippen MR) is 113 cm³/mol. The lowest BCUT2D eigenvalue weighted by Crippen LogP contribution is -2.23. The molecule has 0 radical (unpaired) electrons. The van der Waals surface area contributed by atoms with E-state index in [1.54, 1.807) is 35.8 Å². The number of hydrogen-bond acceptors (Lipinski definition) is 5. The summed E-state index contributed by atoms with van der Waals surface area (Å²) in [7, 11) is 0. The molecule has 3 aromatic rings. The van der Waals surface area contributed by atoms with Crippen molar-refractivity contribution >= 4 is 33.4 Å². The molecular formula is C22H24N2O4S. The normalized spacial score (nSPS) is 11.7. The molecule has 0 N–H and O–H groups in total. The zero-order valence-electron chi connectivity index (χ0n) is 17.0. The van der Waals surface area contributed by atoms with Crippen LogP contribution in [0.25, 0.3) is 10.2 Å². The molecule has 0 aliphatic heterocycles. The van der Waals surface area contributed by atoms with Crippen molar-refractivity contribution in [2.45, 2.75) is 34.2 Å². The summed E-state index contributed by atoms with van der Waals surface area (Å²) in [5, 5.41) is 0. The fourth-order valence-electron chi connectivity index (χ4n) is 3.17. The van der Waals surface area contributed by atoms with Crippen molar-refractivity contribution in [3.8, 4) is 5.75 Å². The van der Waals surface area contributed by atoms with Gasteiger partial charge in [-0.2, -0.15) is 4.99 Å². The van der Waals surface area contributed by atoms with Gasteiger partial charge in [0.1, 0.15) is 12.3 Å². The van der Waals surface area contributed by atoms with E-state index in [4.69, 9.17) is 9.47 Å². The van der Waals surface area contributed by atoms with Crippen molar-refractivity contribution < 1.29 is 19.1 Å². The van der Waals surface area contributed by atoms with Crippen LogP contribution >= 0.6 is 11.3 Å². The molecular weight excluding hydrogens is 388 g/mol. The van der Waals surface area contributed by atoms with Crippen LogP contribution in [-0.2, 0) is 16.1 Å². The summed E-state index contributed by atoms with van der Waals surface area (Å²) in [5.41, 5.74) is 3.49. The molecule has 3 rings (SSSR count). The van der Waals surface area contributed by atoms with E-state index in [1.807, 2.05) is 26.8 Å². The van der Waals surface area contributed by atoms with Crippen LogP contribution in [0.2, 0.25) is 0 Å². The molecule has 0 spiro atoms. The van der Waals surface area contributed by atoms with Crippen molar-refractivity contribution in [2.24, 2.45) is 4.99 Å². The number of nitrogens with zero attached hydrogens (tertiary/aromatic N) is 2. The molecule has 0 unspecified atom stereocenters. The van der Waals surface area contributed by atoms with Gasteiger partial charge < -0.3 is 14.0 Å². The van der Waals surface area contributed by atoms with E-state index in [0.717, 1.165) is 21.3 Å². The SMILES string of the molecule is CCOC(=O)Cn1c(=NC(=O)c2ccc(OCC)cc2)sc2cc(C)cc(C)c21. The van der Waals surface area contributed by atoms with Gasteiger partial charge in [-0.25, -0.2) is 0 Å². The van der Waals surface area contributed by atoms with Gasteiger partial charge in [0.2, 0.25) is 0 Å². The molecule has 7 heteroatoms. The minimum atomic E-state index is -0.369. The number of carbonyl (C=O) groups excluding carboxylic acids is 2. The first kappa shape index (κ1) is 20.8. The summed E-state index contributed by atoms with van der Waals surface area (Å²) in [5.74, 6) is -0.0249. The van der Waals surface area contributed by atoms with Gasteiger partial charge in [0.15, 0.2) is 4.80 Å². The Morgan fingerprint density at radius 2 is 1.79 bits per heavy atom. The highest BCUT2D eigenvalue weighted by Gasteiger charge is 2.15. The fourth-order valence-corrected chi connectivity index (χ4v) is 4.38. The minimum absolute atomic E-state index is 0.00708. The van der Waals surface area contributed by atoms with E-state index in [9.17, 15) is 9.59 Å². The first-order chi connectivity index (χ1) is 13.9. The zero-order chi connectivity index (χ0) is 21.0. The van der Waals surface area contributed by atoms with Gasteiger partial charge in [-0.15, -0.1) is 0 Å². The summed E-state index contributed by atoms with van der Waals surface area (Å²) < 4.78 is 13.3. The van der Waals surface area contributed by atoms with Crippen molar-refractivity contribution in [1.29, 1.82) is 0 Å². The van der Waals surface area contributed by atoms with Crippen LogP contribution in [0.3, 0.4) is 0 Å². The van der Waals surface area contributed by atoms with Crippen LogP contribution in [-0.4, -0.2) is 29.7 Å². The first-order valence-corrected chi connectivity index (χ1v) is 10.3. The number of thiazole rings is 1. The van der Waals surface area contributed by atoms with E-state index >= 15 is 0 Å². The van der Waals surface area contributed by atoms with Crippen LogP contribution in [0.5, 0.6) is 5.75 Å². The second kappa shape index (κ2) is 9.05. The predicted octanol–water partition coefficient (Wildman–Crippen LogP) is 4.02. The van der Waals surface area contributed by atoms with Gasteiger partial charge in [-0.3, -0.25) is 9.59 Å². The second-order valence-electron chi connectivity index (χ2n) is 6.58. The first-order valence-electron chi connectivity index (χ1n) is 9.51. The number of esters is 1. The lowest BCUT2D eigenvalue weighted by atomic mass is 10.1. The van der Waals surface area contributed by atoms with Gasteiger partial charge >= 0.3 is 5.97 Å². The van der Waals surface area contributed by atoms with Gasteiger partial charge in [0.25, 0.3) is 5.91 Å². The maximum Gasteiger partial charge on any atom is 0.326 e. The second-order valence-corrected chi connectivity index (χ2v) is 7.59. The maximum absolute atomic E-state index is 12.7. The Balaban J connectivity index is 2.07. The number of rotatable bonds is 6. The molecule has 0 saturated carbocycles. The molecule has 152 valence electrons. The Morgan fingerprint density at radius 1 is 1.07 bits per heavy atom. The molecule has 0 saturated heterocycles. The van der Waals surface area contributed by atoms with Crippen LogP contribution in [0.15, 0.2) is 41.4 Å². The van der Waals surface area contributed by atoms with E-state index in [1.165, 1.54) is 11.3 Å². The Labute approximate surface area is 173 Å². The third-order valence-electron chi connectivity index (χ3n) is 4.31. The quantitative estimate of drug-likeness (QED) is 0.574. The molecule has 0 aliphatic rings. The van der Waals surface area contributed by atoms with E-state index in [-0.39, 0.29) is 18.4 Å². The lowest BCUT2D eigenvalue weighted by Gasteiger charge is -2.07. The van der Waals surface area contributed by atoms with Crippen molar-refractivity contribution in [3.05, 3.63) is 57.9 Å². The standard InChI is InChI=1S/C22H24N2O4S/c1-5-27-17-9-7-16(8-10-17)21(26)23-22-24(13-19(25)28-6-2)20-15(4)11-14(3)12-18(20)29-22/h7-12H,5-6,13H2,1-4H3. The van der Waals surface area contributed by atoms with Crippen molar-refractivity contribution in [3.63, 3.8) is 0 Å². The average Bonchev–Trinajstić information content (AvgIpc) is 2.99. The summed E-state index contributed by atoms with van der Waals surface area (Å²) >= 11 is 1.39.